The first-order chi connectivity index (χ1) is 10.3. The molecule has 2 atom stereocenters. The van der Waals surface area contributed by atoms with Crippen LogP contribution in [0.15, 0.2) is 30.3 Å². The highest BCUT2D eigenvalue weighted by Gasteiger charge is 2.36. The summed E-state index contributed by atoms with van der Waals surface area (Å²) in [6.45, 7) is 4.02. The smallest absolute Gasteiger partial charge is 0.118 e. The lowest BCUT2D eigenvalue weighted by atomic mass is 10.1. The molecule has 0 bridgehead atoms. The number of hydrogen-bond donors (Lipinski definition) is 0. The predicted molar refractivity (Wildman–Crippen MR) is 88.5 cm³/mol. The van der Waals surface area contributed by atoms with Crippen LogP contribution in [0.25, 0.3) is 6.08 Å². The van der Waals surface area contributed by atoms with Crippen LogP contribution < -0.4 is 4.74 Å². The van der Waals surface area contributed by atoms with Crippen molar-refractivity contribution < 1.29 is 4.74 Å². The summed E-state index contributed by atoms with van der Waals surface area (Å²) in [4.78, 5) is 2.68. The third-order valence-corrected chi connectivity index (χ3v) is 4.88. The maximum Gasteiger partial charge on any atom is 0.118 e. The Hall–Kier alpha value is -1.28. The Morgan fingerprint density at radius 2 is 1.86 bits per heavy atom. The first-order valence-corrected chi connectivity index (χ1v) is 8.38. The molecular formula is C19H27NO. The van der Waals surface area contributed by atoms with Crippen LogP contribution in [0, 0.1) is 11.8 Å². The molecule has 2 heteroatoms. The Kier molecular flexibility index (Phi) is 4.97. The summed E-state index contributed by atoms with van der Waals surface area (Å²) in [6.07, 6.45) is 11.5. The van der Waals surface area contributed by atoms with E-state index in [9.17, 15) is 0 Å². The lowest BCUT2D eigenvalue weighted by Crippen LogP contribution is -2.31. The van der Waals surface area contributed by atoms with Gasteiger partial charge in [-0.3, -0.25) is 0 Å². The zero-order valence-corrected chi connectivity index (χ0v) is 13.1. The Labute approximate surface area is 128 Å². The van der Waals surface area contributed by atoms with Crippen LogP contribution in [0.2, 0.25) is 0 Å². The monoisotopic (exact) mass is 285 g/mol. The molecule has 3 rings (SSSR count). The third kappa shape index (κ3) is 4.34. The maximum absolute atomic E-state index is 5.18. The van der Waals surface area contributed by atoms with Gasteiger partial charge in [-0.25, -0.2) is 0 Å². The van der Waals surface area contributed by atoms with Crippen molar-refractivity contribution in [2.24, 2.45) is 11.8 Å². The van der Waals surface area contributed by atoms with Crippen molar-refractivity contribution in [3.63, 3.8) is 0 Å². The van der Waals surface area contributed by atoms with Gasteiger partial charge in [0.15, 0.2) is 0 Å². The zero-order chi connectivity index (χ0) is 14.5. The Morgan fingerprint density at radius 1 is 1.10 bits per heavy atom. The molecule has 2 nitrogen and oxygen atoms in total. The number of benzene rings is 1. The van der Waals surface area contributed by atoms with Crippen LogP contribution >= 0.6 is 0 Å². The first-order valence-electron chi connectivity index (χ1n) is 8.38. The highest BCUT2D eigenvalue weighted by molar-refractivity contribution is 5.50. The number of nitrogens with zero attached hydrogens (tertiary/aromatic N) is 1. The fraction of sp³-hybridized carbons (Fsp3) is 0.579. The third-order valence-electron chi connectivity index (χ3n) is 4.88. The molecule has 2 unspecified atom stereocenters. The van der Waals surface area contributed by atoms with Gasteiger partial charge in [-0.05, 0) is 68.3 Å². The van der Waals surface area contributed by atoms with Crippen molar-refractivity contribution in [2.75, 3.05) is 26.7 Å². The van der Waals surface area contributed by atoms with E-state index in [1.165, 1.54) is 57.3 Å². The molecule has 0 N–H and O–H groups in total. The molecule has 1 aromatic rings. The first kappa shape index (κ1) is 14.6. The summed E-state index contributed by atoms with van der Waals surface area (Å²) >= 11 is 0. The average molecular weight is 285 g/mol. The van der Waals surface area contributed by atoms with E-state index in [-0.39, 0.29) is 0 Å². The van der Waals surface area contributed by atoms with Crippen LogP contribution in [0.4, 0.5) is 0 Å². The molecule has 0 aromatic heterocycles. The highest BCUT2D eigenvalue weighted by Crippen LogP contribution is 2.42. The lowest BCUT2D eigenvalue weighted by Gasteiger charge is -2.26. The van der Waals surface area contributed by atoms with Crippen LogP contribution in [-0.2, 0) is 0 Å². The van der Waals surface area contributed by atoms with Crippen LogP contribution in [0.3, 0.4) is 0 Å². The van der Waals surface area contributed by atoms with E-state index in [2.05, 4.69) is 29.2 Å². The predicted octanol–water partition coefficient (Wildman–Crippen LogP) is 4.22. The topological polar surface area (TPSA) is 12.5 Å². The molecule has 21 heavy (non-hydrogen) atoms. The van der Waals surface area contributed by atoms with Crippen molar-refractivity contribution in [1.82, 2.24) is 4.90 Å². The van der Waals surface area contributed by atoms with E-state index in [1.54, 1.807) is 7.11 Å². The number of ether oxygens (including phenoxy) is 1. The number of likely N-dealkylation sites (tertiary alicyclic amines) is 1. The average Bonchev–Trinajstić information content (AvgIpc) is 3.27. The van der Waals surface area contributed by atoms with Crippen molar-refractivity contribution >= 4 is 6.08 Å². The van der Waals surface area contributed by atoms with Gasteiger partial charge in [0.2, 0.25) is 0 Å². The minimum atomic E-state index is 0.927. The van der Waals surface area contributed by atoms with E-state index < -0.39 is 0 Å². The van der Waals surface area contributed by atoms with E-state index in [0.717, 1.165) is 17.6 Å². The Morgan fingerprint density at radius 3 is 2.57 bits per heavy atom. The van der Waals surface area contributed by atoms with Crippen LogP contribution in [-0.4, -0.2) is 31.6 Å². The number of hydrogen-bond acceptors (Lipinski definition) is 2. The van der Waals surface area contributed by atoms with Gasteiger partial charge in [0.05, 0.1) is 7.11 Å². The van der Waals surface area contributed by atoms with E-state index in [0.29, 0.717) is 0 Å². The second kappa shape index (κ2) is 7.13. The van der Waals surface area contributed by atoms with Gasteiger partial charge in [0, 0.05) is 6.54 Å². The Bertz CT molecular complexity index is 459. The number of allylic oxidation sites excluding steroid dienone is 1. The Balaban J connectivity index is 1.38. The number of methoxy groups -OCH3 is 1. The maximum atomic E-state index is 5.18. The molecule has 2 aliphatic rings. The summed E-state index contributed by atoms with van der Waals surface area (Å²) < 4.78 is 5.18. The van der Waals surface area contributed by atoms with Crippen LogP contribution in [0.1, 0.15) is 37.7 Å². The molecule has 1 aliphatic heterocycles. The quantitative estimate of drug-likeness (QED) is 0.776. The van der Waals surface area contributed by atoms with Gasteiger partial charge in [0.25, 0.3) is 0 Å². The summed E-state index contributed by atoms with van der Waals surface area (Å²) in [6, 6.07) is 8.28. The second-order valence-corrected chi connectivity index (χ2v) is 6.53. The van der Waals surface area contributed by atoms with Crippen molar-refractivity contribution in [3.8, 4) is 5.75 Å². The SMILES string of the molecule is COc1ccc(/C=C/CC2CC2CN2CCCCC2)cc1. The lowest BCUT2D eigenvalue weighted by molar-refractivity contribution is 0.217. The van der Waals surface area contributed by atoms with Gasteiger partial charge >= 0.3 is 0 Å². The molecule has 0 radical (unpaired) electrons. The van der Waals surface area contributed by atoms with Crippen LogP contribution in [0.5, 0.6) is 5.75 Å². The summed E-state index contributed by atoms with van der Waals surface area (Å²) in [5.74, 6) is 2.82. The van der Waals surface area contributed by atoms with Gasteiger partial charge < -0.3 is 9.64 Å². The standard InChI is InChI=1S/C19H27NO/c1-21-19-10-8-16(9-11-19)6-5-7-17-14-18(17)15-20-12-3-2-4-13-20/h5-6,8-11,17-18H,2-4,7,12-15H2,1H3/b6-5+. The van der Waals surface area contributed by atoms with E-state index in [1.807, 2.05) is 12.1 Å². The zero-order valence-electron chi connectivity index (χ0n) is 13.1. The molecule has 0 amide bonds. The fourth-order valence-corrected chi connectivity index (χ4v) is 3.39. The second-order valence-electron chi connectivity index (χ2n) is 6.53. The molecule has 1 aliphatic carbocycles. The van der Waals surface area contributed by atoms with Crippen molar-refractivity contribution in [2.45, 2.75) is 32.1 Å². The molecule has 0 spiro atoms. The molecular weight excluding hydrogens is 258 g/mol. The van der Waals surface area contributed by atoms with Crippen molar-refractivity contribution in [3.05, 3.63) is 35.9 Å². The summed E-state index contributed by atoms with van der Waals surface area (Å²) in [5, 5.41) is 0. The normalized spacial score (nSPS) is 26.1. The summed E-state index contributed by atoms with van der Waals surface area (Å²) in [7, 11) is 1.71. The van der Waals surface area contributed by atoms with Gasteiger partial charge in [0.1, 0.15) is 5.75 Å². The molecule has 114 valence electrons. The molecule has 2 fully saturated rings. The highest BCUT2D eigenvalue weighted by atomic mass is 16.5. The van der Waals surface area contributed by atoms with E-state index in [4.69, 9.17) is 4.74 Å². The minimum absolute atomic E-state index is 0.927. The fourth-order valence-electron chi connectivity index (χ4n) is 3.39. The molecule has 1 heterocycles. The largest absolute Gasteiger partial charge is 0.497 e. The molecule has 1 saturated carbocycles. The number of piperidine rings is 1. The van der Waals surface area contributed by atoms with Gasteiger partial charge in [-0.1, -0.05) is 30.7 Å². The van der Waals surface area contributed by atoms with Crippen molar-refractivity contribution in [1.29, 1.82) is 0 Å². The van der Waals surface area contributed by atoms with E-state index >= 15 is 0 Å². The van der Waals surface area contributed by atoms with Gasteiger partial charge in [-0.15, -0.1) is 0 Å². The minimum Gasteiger partial charge on any atom is -0.497 e. The molecule has 1 aromatic carbocycles. The number of rotatable bonds is 6. The molecule has 1 saturated heterocycles. The van der Waals surface area contributed by atoms with Gasteiger partial charge in [-0.2, -0.15) is 0 Å². The summed E-state index contributed by atoms with van der Waals surface area (Å²) in [5.41, 5.74) is 1.27.